The molecule has 6 heteroatoms. The lowest BCUT2D eigenvalue weighted by Gasteiger charge is -2.07. The van der Waals surface area contributed by atoms with E-state index in [0.717, 1.165) is 17.3 Å². The second-order valence-electron chi connectivity index (χ2n) is 5.72. The van der Waals surface area contributed by atoms with E-state index >= 15 is 0 Å². The zero-order valence-electron chi connectivity index (χ0n) is 13.5. The van der Waals surface area contributed by atoms with Crippen molar-refractivity contribution in [1.29, 1.82) is 0 Å². The first-order chi connectivity index (χ1) is 12.1. The third kappa shape index (κ3) is 4.23. The lowest BCUT2D eigenvalue weighted by Crippen LogP contribution is -2.41. The molecule has 0 aliphatic heterocycles. The number of hydrogen-bond donors (Lipinski definition) is 3. The average molecular weight is 339 g/mol. The number of amides is 2. The number of aromatic nitrogens is 1. The number of carbonyl (C=O) groups excluding carboxylic acids is 2. The van der Waals surface area contributed by atoms with Gasteiger partial charge in [0, 0.05) is 29.1 Å². The molecule has 0 fully saturated rings. The summed E-state index contributed by atoms with van der Waals surface area (Å²) in [5, 5.41) is 1.16. The zero-order valence-corrected chi connectivity index (χ0v) is 13.5. The number of hydrazine groups is 1. The molecule has 0 aliphatic carbocycles. The van der Waals surface area contributed by atoms with E-state index in [1.165, 1.54) is 29.8 Å². The molecule has 3 N–H and O–H groups in total. The number of nitrogens with one attached hydrogen (secondary N) is 3. The van der Waals surface area contributed by atoms with Crippen LogP contribution in [-0.4, -0.2) is 16.8 Å². The summed E-state index contributed by atoms with van der Waals surface area (Å²) in [5.41, 5.74) is 7.22. The number of para-hydroxylation sites is 1. The summed E-state index contributed by atoms with van der Waals surface area (Å²) in [7, 11) is 0. The van der Waals surface area contributed by atoms with E-state index < -0.39 is 11.7 Å². The Morgan fingerprint density at radius 2 is 1.76 bits per heavy atom. The molecule has 2 aromatic carbocycles. The highest BCUT2D eigenvalue weighted by molar-refractivity contribution is 5.95. The van der Waals surface area contributed by atoms with Crippen molar-refractivity contribution in [3.8, 4) is 0 Å². The molecule has 0 atom stereocenters. The molecule has 1 aromatic heterocycles. The molecule has 5 nitrogen and oxygen atoms in total. The van der Waals surface area contributed by atoms with Crippen molar-refractivity contribution in [1.82, 2.24) is 15.8 Å². The Kier molecular flexibility index (Phi) is 5.09. The molecule has 25 heavy (non-hydrogen) atoms. The number of benzene rings is 2. The first-order valence-electron chi connectivity index (χ1n) is 8.03. The summed E-state index contributed by atoms with van der Waals surface area (Å²) >= 11 is 0. The van der Waals surface area contributed by atoms with Crippen LogP contribution in [0.2, 0.25) is 0 Å². The van der Waals surface area contributed by atoms with Crippen LogP contribution in [0.1, 0.15) is 28.8 Å². The first kappa shape index (κ1) is 16.7. The van der Waals surface area contributed by atoms with Crippen LogP contribution in [0.5, 0.6) is 0 Å². The van der Waals surface area contributed by atoms with Gasteiger partial charge >= 0.3 is 0 Å². The van der Waals surface area contributed by atoms with E-state index in [-0.39, 0.29) is 11.5 Å². The van der Waals surface area contributed by atoms with Crippen LogP contribution >= 0.6 is 0 Å². The van der Waals surface area contributed by atoms with Gasteiger partial charge in [-0.2, -0.15) is 0 Å². The summed E-state index contributed by atoms with van der Waals surface area (Å²) in [4.78, 5) is 26.9. The maximum atomic E-state index is 12.8. The number of H-pyrrole nitrogens is 1. The van der Waals surface area contributed by atoms with Gasteiger partial charge in [0.25, 0.3) is 5.91 Å². The van der Waals surface area contributed by atoms with Crippen molar-refractivity contribution in [2.75, 3.05) is 0 Å². The highest BCUT2D eigenvalue weighted by Crippen LogP contribution is 2.19. The third-order valence-electron chi connectivity index (χ3n) is 3.95. The van der Waals surface area contributed by atoms with E-state index in [1.807, 2.05) is 30.5 Å². The summed E-state index contributed by atoms with van der Waals surface area (Å²) in [5.74, 6) is -1.17. The molecule has 0 radical (unpaired) electrons. The Hall–Kier alpha value is -3.15. The van der Waals surface area contributed by atoms with Crippen LogP contribution in [-0.2, 0) is 11.2 Å². The van der Waals surface area contributed by atoms with Crippen molar-refractivity contribution in [2.24, 2.45) is 0 Å². The summed E-state index contributed by atoms with van der Waals surface area (Å²) in [6.45, 7) is 0. The van der Waals surface area contributed by atoms with Crippen LogP contribution in [0, 0.1) is 5.82 Å². The minimum absolute atomic E-state index is 0.268. The van der Waals surface area contributed by atoms with Gasteiger partial charge in [-0.05, 0) is 48.7 Å². The fourth-order valence-electron chi connectivity index (χ4n) is 2.64. The maximum absolute atomic E-state index is 12.8. The lowest BCUT2D eigenvalue weighted by molar-refractivity contribution is -0.121. The van der Waals surface area contributed by atoms with E-state index in [9.17, 15) is 14.0 Å². The predicted octanol–water partition coefficient (Wildman–Crippen LogP) is 3.09. The average Bonchev–Trinajstić information content (AvgIpc) is 3.04. The second-order valence-corrected chi connectivity index (χ2v) is 5.72. The topological polar surface area (TPSA) is 74.0 Å². The number of aromatic amines is 1. The number of carbonyl (C=O) groups is 2. The lowest BCUT2D eigenvalue weighted by atomic mass is 10.1. The molecule has 2 amide bonds. The fourth-order valence-corrected chi connectivity index (χ4v) is 2.64. The minimum atomic E-state index is -0.482. The Morgan fingerprint density at radius 1 is 1.00 bits per heavy atom. The van der Waals surface area contributed by atoms with Crippen LogP contribution in [0.3, 0.4) is 0 Å². The predicted molar refractivity (Wildman–Crippen MR) is 93.2 cm³/mol. The quantitative estimate of drug-likeness (QED) is 0.625. The molecule has 3 aromatic rings. The van der Waals surface area contributed by atoms with E-state index in [4.69, 9.17) is 0 Å². The Bertz CT molecular complexity index is 887. The molecule has 0 unspecified atom stereocenters. The van der Waals surface area contributed by atoms with Gasteiger partial charge in [-0.15, -0.1) is 0 Å². The van der Waals surface area contributed by atoms with Crippen molar-refractivity contribution in [2.45, 2.75) is 19.3 Å². The molecule has 0 saturated heterocycles. The summed E-state index contributed by atoms with van der Waals surface area (Å²) < 4.78 is 12.8. The van der Waals surface area contributed by atoms with Gasteiger partial charge in [0.1, 0.15) is 5.82 Å². The molecule has 3 rings (SSSR count). The number of hydrogen-bond acceptors (Lipinski definition) is 2. The minimum Gasteiger partial charge on any atom is -0.361 e. The van der Waals surface area contributed by atoms with Gasteiger partial charge in [-0.1, -0.05) is 18.2 Å². The molecular weight excluding hydrogens is 321 g/mol. The summed E-state index contributed by atoms with van der Waals surface area (Å²) in [6.07, 6.45) is 3.69. The molecule has 0 aliphatic rings. The van der Waals surface area contributed by atoms with E-state index in [2.05, 4.69) is 15.8 Å². The maximum Gasteiger partial charge on any atom is 0.269 e. The Balaban J connectivity index is 1.44. The molecule has 0 bridgehead atoms. The molecule has 0 spiro atoms. The highest BCUT2D eigenvalue weighted by Gasteiger charge is 2.08. The van der Waals surface area contributed by atoms with Crippen molar-refractivity contribution < 1.29 is 14.0 Å². The Morgan fingerprint density at radius 3 is 2.56 bits per heavy atom. The largest absolute Gasteiger partial charge is 0.361 e. The Labute approximate surface area is 144 Å². The number of halogens is 1. The SMILES string of the molecule is O=C(CCCc1c[nH]c2ccccc12)NNC(=O)c1ccc(F)cc1. The van der Waals surface area contributed by atoms with Gasteiger partial charge in [0.05, 0.1) is 0 Å². The van der Waals surface area contributed by atoms with E-state index in [0.29, 0.717) is 12.8 Å². The standard InChI is InChI=1S/C19H18FN3O2/c20-15-10-8-13(9-11-15)19(25)23-22-18(24)7-3-4-14-12-21-17-6-2-1-5-16(14)17/h1-2,5-6,8-12,21H,3-4,7H2,(H,22,24)(H,23,25). The zero-order chi connectivity index (χ0) is 17.6. The third-order valence-corrected chi connectivity index (χ3v) is 3.95. The fraction of sp³-hybridized carbons (Fsp3) is 0.158. The van der Waals surface area contributed by atoms with Gasteiger partial charge in [-0.25, -0.2) is 4.39 Å². The van der Waals surface area contributed by atoms with Crippen molar-refractivity contribution >= 4 is 22.7 Å². The number of rotatable bonds is 5. The van der Waals surface area contributed by atoms with E-state index in [1.54, 1.807) is 0 Å². The second kappa shape index (κ2) is 7.61. The van der Waals surface area contributed by atoms with Gasteiger partial charge < -0.3 is 4.98 Å². The van der Waals surface area contributed by atoms with Crippen molar-refractivity contribution in [3.63, 3.8) is 0 Å². The van der Waals surface area contributed by atoms with Gasteiger partial charge in [0.2, 0.25) is 5.91 Å². The van der Waals surface area contributed by atoms with Crippen LogP contribution in [0.4, 0.5) is 4.39 Å². The van der Waals surface area contributed by atoms with Crippen molar-refractivity contribution in [3.05, 3.63) is 71.7 Å². The first-order valence-corrected chi connectivity index (χ1v) is 8.03. The molecule has 128 valence electrons. The highest BCUT2D eigenvalue weighted by atomic mass is 19.1. The summed E-state index contributed by atoms with van der Waals surface area (Å²) in [6, 6.07) is 13.1. The van der Waals surface area contributed by atoms with Gasteiger partial charge in [-0.3, -0.25) is 20.4 Å². The number of fused-ring (bicyclic) bond motifs is 1. The molecule has 0 saturated carbocycles. The van der Waals surface area contributed by atoms with Crippen LogP contribution < -0.4 is 10.9 Å². The molecular formula is C19H18FN3O2. The van der Waals surface area contributed by atoms with Crippen LogP contribution in [0.25, 0.3) is 10.9 Å². The monoisotopic (exact) mass is 339 g/mol. The smallest absolute Gasteiger partial charge is 0.269 e. The normalized spacial score (nSPS) is 10.6. The van der Waals surface area contributed by atoms with Crippen LogP contribution in [0.15, 0.2) is 54.7 Å². The number of aryl methyl sites for hydroxylation is 1. The van der Waals surface area contributed by atoms with Gasteiger partial charge in [0.15, 0.2) is 0 Å². The molecule has 1 heterocycles.